The van der Waals surface area contributed by atoms with E-state index in [9.17, 15) is 23.9 Å². The first-order valence-corrected chi connectivity index (χ1v) is 11.2. The molecule has 0 spiro atoms. The summed E-state index contributed by atoms with van der Waals surface area (Å²) < 4.78 is 14.6. The van der Waals surface area contributed by atoms with E-state index in [4.69, 9.17) is 0 Å². The fourth-order valence-electron chi connectivity index (χ4n) is 5.10. The monoisotopic (exact) mass is 470 g/mol. The van der Waals surface area contributed by atoms with Crippen molar-refractivity contribution >= 4 is 23.3 Å². The maximum atomic E-state index is 13.3. The molecule has 0 aromatic carbocycles. The van der Waals surface area contributed by atoms with E-state index in [-0.39, 0.29) is 23.8 Å². The lowest BCUT2D eigenvalue weighted by atomic mass is 9.72. The molecule has 2 aromatic heterocycles. The number of rotatable bonds is 7. The zero-order valence-corrected chi connectivity index (χ0v) is 20.0. The Bertz CT molecular complexity index is 1140. The highest BCUT2D eigenvalue weighted by Gasteiger charge is 2.39. The van der Waals surface area contributed by atoms with E-state index >= 15 is 0 Å². The van der Waals surface area contributed by atoms with Crippen LogP contribution in [0.4, 0.5) is 10.1 Å². The van der Waals surface area contributed by atoms with E-state index in [1.54, 1.807) is 20.9 Å². The first kappa shape index (κ1) is 25.3. The third kappa shape index (κ3) is 5.09. The number of hydrogen-bond donors (Lipinski definition) is 3. The number of pyridine rings is 1. The minimum Gasteiger partial charge on any atom is -0.396 e. The molecular formula is C25H31FN4O4. The molecule has 0 radical (unpaired) electrons. The standard InChI is InChI=1S/C25H31FN4O4/c1-14-10-15(2)12-25(11-14,8-9-31)29-24(34)22(32)21-16(3)20(17(4)30(21)5)23(33)28-18-6-7-19(26)27-13-18/h6-7,13,15,31H,1,8-12H2,2-5H3,(H,28,33)(H,29,34). The van der Waals surface area contributed by atoms with Crippen LogP contribution in [0.2, 0.25) is 0 Å². The van der Waals surface area contributed by atoms with E-state index in [1.807, 2.05) is 0 Å². The zero-order chi connectivity index (χ0) is 25.2. The van der Waals surface area contributed by atoms with Gasteiger partial charge in [-0.15, -0.1) is 0 Å². The van der Waals surface area contributed by atoms with Crippen LogP contribution >= 0.6 is 0 Å². The molecule has 1 aliphatic carbocycles. The highest BCUT2D eigenvalue weighted by molar-refractivity contribution is 6.43. The molecule has 34 heavy (non-hydrogen) atoms. The van der Waals surface area contributed by atoms with Gasteiger partial charge < -0.3 is 20.3 Å². The van der Waals surface area contributed by atoms with Gasteiger partial charge in [0.2, 0.25) is 5.95 Å². The molecule has 0 bridgehead atoms. The van der Waals surface area contributed by atoms with Gasteiger partial charge in [-0.25, -0.2) is 4.98 Å². The van der Waals surface area contributed by atoms with Crippen LogP contribution < -0.4 is 10.6 Å². The summed E-state index contributed by atoms with van der Waals surface area (Å²) in [6.07, 6.45) is 3.49. The van der Waals surface area contributed by atoms with Crippen molar-refractivity contribution in [3.05, 3.63) is 58.9 Å². The molecule has 8 nitrogen and oxygen atoms in total. The second-order valence-corrected chi connectivity index (χ2v) is 9.29. The molecular weight excluding hydrogens is 439 g/mol. The highest BCUT2D eigenvalue weighted by Crippen LogP contribution is 2.37. The lowest BCUT2D eigenvalue weighted by Crippen LogP contribution is -2.54. The molecule has 1 aliphatic rings. The number of nitrogens with one attached hydrogen (secondary N) is 2. The van der Waals surface area contributed by atoms with Gasteiger partial charge in [0.1, 0.15) is 0 Å². The first-order valence-electron chi connectivity index (χ1n) is 11.2. The van der Waals surface area contributed by atoms with Gasteiger partial charge in [0, 0.05) is 24.9 Å². The Morgan fingerprint density at radius 2 is 2.03 bits per heavy atom. The lowest BCUT2D eigenvalue weighted by molar-refractivity contribution is -0.119. The van der Waals surface area contributed by atoms with Gasteiger partial charge in [-0.1, -0.05) is 19.1 Å². The number of aliphatic hydroxyl groups is 1. The van der Waals surface area contributed by atoms with Crippen LogP contribution in [0.15, 0.2) is 30.5 Å². The number of nitrogens with zero attached hydrogens (tertiary/aromatic N) is 2. The lowest BCUT2D eigenvalue weighted by Gasteiger charge is -2.41. The van der Waals surface area contributed by atoms with Gasteiger partial charge >= 0.3 is 0 Å². The van der Waals surface area contributed by atoms with Crippen LogP contribution in [0.25, 0.3) is 0 Å². The molecule has 2 aromatic rings. The Morgan fingerprint density at radius 3 is 2.62 bits per heavy atom. The second-order valence-electron chi connectivity index (χ2n) is 9.29. The summed E-state index contributed by atoms with van der Waals surface area (Å²) in [6, 6.07) is 2.51. The molecule has 0 saturated heterocycles. The predicted octanol–water partition coefficient (Wildman–Crippen LogP) is 3.22. The Labute approximate surface area is 198 Å². The SMILES string of the molecule is C=C1CC(C)CC(CCO)(NC(=O)C(=O)c2c(C)c(C(=O)Nc3ccc(F)nc3)c(C)n2C)C1. The van der Waals surface area contributed by atoms with E-state index in [2.05, 4.69) is 29.1 Å². The summed E-state index contributed by atoms with van der Waals surface area (Å²) in [5.41, 5.74) is 1.78. The van der Waals surface area contributed by atoms with E-state index in [0.717, 1.165) is 18.1 Å². The molecule has 2 amide bonds. The number of ketones is 1. The molecule has 3 N–H and O–H groups in total. The first-order chi connectivity index (χ1) is 16.0. The van der Waals surface area contributed by atoms with Crippen molar-refractivity contribution in [1.29, 1.82) is 0 Å². The molecule has 0 aliphatic heterocycles. The van der Waals surface area contributed by atoms with Crippen LogP contribution in [0.3, 0.4) is 0 Å². The van der Waals surface area contributed by atoms with Crippen molar-refractivity contribution in [2.24, 2.45) is 13.0 Å². The summed E-state index contributed by atoms with van der Waals surface area (Å²) in [6.45, 7) is 9.28. The van der Waals surface area contributed by atoms with Gasteiger partial charge in [-0.3, -0.25) is 14.4 Å². The number of amides is 2. The van der Waals surface area contributed by atoms with Gasteiger partial charge in [0.25, 0.3) is 17.6 Å². The summed E-state index contributed by atoms with van der Waals surface area (Å²) in [5, 5.41) is 15.1. The predicted molar refractivity (Wildman–Crippen MR) is 126 cm³/mol. The average Bonchev–Trinajstić information content (AvgIpc) is 2.96. The fourth-order valence-corrected chi connectivity index (χ4v) is 5.10. The van der Waals surface area contributed by atoms with Gasteiger partial charge in [0.05, 0.1) is 23.1 Å². The van der Waals surface area contributed by atoms with Crippen LogP contribution in [-0.2, 0) is 11.8 Å². The fraction of sp³-hybridized carbons (Fsp3) is 0.440. The smallest absolute Gasteiger partial charge is 0.294 e. The van der Waals surface area contributed by atoms with E-state index < -0.39 is 29.1 Å². The van der Waals surface area contributed by atoms with Crippen LogP contribution in [0.1, 0.15) is 64.7 Å². The zero-order valence-electron chi connectivity index (χ0n) is 20.0. The third-order valence-electron chi connectivity index (χ3n) is 6.50. The van der Waals surface area contributed by atoms with Crippen molar-refractivity contribution in [3.63, 3.8) is 0 Å². The molecule has 9 heteroatoms. The Balaban J connectivity index is 1.87. The summed E-state index contributed by atoms with van der Waals surface area (Å²) >= 11 is 0. The Hall–Kier alpha value is -3.33. The number of aromatic nitrogens is 2. The summed E-state index contributed by atoms with van der Waals surface area (Å²) in [4.78, 5) is 42.8. The van der Waals surface area contributed by atoms with Crippen LogP contribution in [-0.4, -0.2) is 44.4 Å². The van der Waals surface area contributed by atoms with Gasteiger partial charge in [0.15, 0.2) is 0 Å². The van der Waals surface area contributed by atoms with E-state index in [1.165, 1.54) is 16.8 Å². The summed E-state index contributed by atoms with van der Waals surface area (Å²) in [5.74, 6) is -2.44. The topological polar surface area (TPSA) is 113 Å². The normalized spacial score (nSPS) is 20.2. The van der Waals surface area contributed by atoms with Crippen molar-refractivity contribution < 1.29 is 23.9 Å². The van der Waals surface area contributed by atoms with E-state index in [0.29, 0.717) is 36.2 Å². The number of anilines is 1. The highest BCUT2D eigenvalue weighted by atomic mass is 19.1. The average molecular weight is 471 g/mol. The largest absolute Gasteiger partial charge is 0.396 e. The van der Waals surface area contributed by atoms with Crippen molar-refractivity contribution in [3.8, 4) is 0 Å². The number of aliphatic hydroxyl groups excluding tert-OH is 1. The molecule has 2 heterocycles. The van der Waals surface area contributed by atoms with Crippen molar-refractivity contribution in [2.45, 2.75) is 52.0 Å². The third-order valence-corrected chi connectivity index (χ3v) is 6.50. The molecule has 3 rings (SSSR count). The second kappa shape index (κ2) is 9.89. The number of Topliss-reactive ketones (excluding diaryl/α,β-unsaturated/α-hetero) is 1. The Kier molecular flexibility index (Phi) is 7.35. The molecule has 182 valence electrons. The molecule has 2 atom stereocenters. The van der Waals surface area contributed by atoms with Gasteiger partial charge in [-0.05, 0) is 63.1 Å². The molecule has 1 saturated carbocycles. The Morgan fingerprint density at radius 1 is 1.32 bits per heavy atom. The number of hydrogen-bond acceptors (Lipinski definition) is 5. The molecule has 2 unspecified atom stereocenters. The van der Waals surface area contributed by atoms with Crippen molar-refractivity contribution in [2.75, 3.05) is 11.9 Å². The van der Waals surface area contributed by atoms with Crippen LogP contribution in [0, 0.1) is 25.7 Å². The minimum absolute atomic E-state index is 0.110. The van der Waals surface area contributed by atoms with Crippen LogP contribution in [0.5, 0.6) is 0 Å². The van der Waals surface area contributed by atoms with Crippen molar-refractivity contribution in [1.82, 2.24) is 14.9 Å². The number of carbonyl (C=O) groups is 3. The quantitative estimate of drug-likeness (QED) is 0.249. The maximum absolute atomic E-state index is 13.3. The maximum Gasteiger partial charge on any atom is 0.294 e. The van der Waals surface area contributed by atoms with Gasteiger partial charge in [-0.2, -0.15) is 4.39 Å². The number of halogens is 1. The minimum atomic E-state index is -0.784. The summed E-state index contributed by atoms with van der Waals surface area (Å²) in [7, 11) is 1.62. The number of carbonyl (C=O) groups excluding carboxylic acids is 3. The molecule has 1 fully saturated rings.